The van der Waals surface area contributed by atoms with Crippen molar-refractivity contribution in [3.8, 4) is 5.75 Å². The molecular weight excluding hydrogens is 560 g/mol. The van der Waals surface area contributed by atoms with E-state index in [4.69, 9.17) is 9.57 Å². The van der Waals surface area contributed by atoms with Gasteiger partial charge in [0.05, 0.1) is 19.4 Å². The van der Waals surface area contributed by atoms with Crippen LogP contribution in [0.15, 0.2) is 17.3 Å². The van der Waals surface area contributed by atoms with Gasteiger partial charge in [0.25, 0.3) is 0 Å². The second-order valence-corrected chi connectivity index (χ2v) is 8.46. The highest BCUT2D eigenvalue weighted by Crippen LogP contribution is 2.29. The van der Waals surface area contributed by atoms with Crippen molar-refractivity contribution in [1.29, 1.82) is 0 Å². The topological polar surface area (TPSA) is 57.1 Å². The molecule has 0 amide bonds. The molecule has 0 heterocycles. The lowest BCUT2D eigenvalue weighted by Crippen LogP contribution is -2.28. The molecule has 1 rings (SSSR count). The molecule has 0 bridgehead atoms. The Morgan fingerprint density at radius 3 is 2.58 bits per heavy atom. The van der Waals surface area contributed by atoms with Crippen molar-refractivity contribution in [2.45, 2.75) is 40.5 Å². The number of carbonyl (C=O) groups excluding carboxylic acids is 1. The molecule has 1 atom stereocenters. The molecule has 7 heteroatoms. The molecule has 0 aliphatic rings. The maximum Gasteiger partial charge on any atom is 0.346 e. The first-order valence-corrected chi connectivity index (χ1v) is 11.0. The van der Waals surface area contributed by atoms with Gasteiger partial charge in [-0.15, -0.1) is 0 Å². The number of oxime groups is 1. The van der Waals surface area contributed by atoms with Crippen LogP contribution in [0.5, 0.6) is 5.75 Å². The number of ether oxygens (including phenoxy) is 2. The minimum atomic E-state index is -0.436. The SMILES string of the molecule is COC(=O)CON=C(C)C(C)(CI)CCCOc1cc(C)c(I)cc1C. The van der Waals surface area contributed by atoms with E-state index in [0.717, 1.165) is 34.3 Å². The Morgan fingerprint density at radius 1 is 1.27 bits per heavy atom. The van der Waals surface area contributed by atoms with Crippen LogP contribution in [-0.2, 0) is 14.4 Å². The molecule has 1 unspecified atom stereocenters. The van der Waals surface area contributed by atoms with Crippen LogP contribution in [0.3, 0.4) is 0 Å². The Balaban J connectivity index is 2.56. The molecule has 0 N–H and O–H groups in total. The third-order valence-corrected chi connectivity index (χ3v) is 7.21. The fraction of sp³-hybridized carbons (Fsp3) is 0.579. The Labute approximate surface area is 183 Å². The van der Waals surface area contributed by atoms with E-state index in [9.17, 15) is 4.79 Å². The third-order valence-electron chi connectivity index (χ3n) is 4.37. The highest BCUT2D eigenvalue weighted by atomic mass is 127. The first-order valence-electron chi connectivity index (χ1n) is 8.43. The molecule has 5 nitrogen and oxygen atoms in total. The number of halogens is 2. The number of benzene rings is 1. The summed E-state index contributed by atoms with van der Waals surface area (Å²) in [5.41, 5.74) is 3.16. The molecule has 0 fully saturated rings. The number of hydrogen-bond acceptors (Lipinski definition) is 5. The van der Waals surface area contributed by atoms with Crippen molar-refractivity contribution in [3.63, 3.8) is 0 Å². The summed E-state index contributed by atoms with van der Waals surface area (Å²) in [6, 6.07) is 4.25. The van der Waals surface area contributed by atoms with Gasteiger partial charge in [0.1, 0.15) is 5.75 Å². The number of alkyl halides is 1. The molecule has 1 aromatic carbocycles. The molecule has 0 aliphatic heterocycles. The lowest BCUT2D eigenvalue weighted by atomic mass is 9.83. The molecule has 146 valence electrons. The largest absolute Gasteiger partial charge is 0.493 e. The summed E-state index contributed by atoms with van der Waals surface area (Å²) in [7, 11) is 1.33. The van der Waals surface area contributed by atoms with Gasteiger partial charge in [-0.05, 0) is 79.5 Å². The Morgan fingerprint density at radius 2 is 1.96 bits per heavy atom. The van der Waals surface area contributed by atoms with Gasteiger partial charge in [0, 0.05) is 13.4 Å². The predicted molar refractivity (Wildman–Crippen MR) is 121 cm³/mol. The van der Waals surface area contributed by atoms with Crippen LogP contribution in [0.25, 0.3) is 0 Å². The van der Waals surface area contributed by atoms with E-state index in [-0.39, 0.29) is 12.0 Å². The molecule has 0 spiro atoms. The molecule has 0 aliphatic carbocycles. The van der Waals surface area contributed by atoms with Crippen LogP contribution in [0, 0.1) is 22.8 Å². The quantitative estimate of drug-likeness (QED) is 0.0959. The average Bonchev–Trinajstić information content (AvgIpc) is 2.62. The fourth-order valence-electron chi connectivity index (χ4n) is 2.25. The Hall–Kier alpha value is -0.580. The summed E-state index contributed by atoms with van der Waals surface area (Å²) in [5, 5.41) is 4.10. The van der Waals surface area contributed by atoms with Crippen LogP contribution in [0.4, 0.5) is 0 Å². The standard InChI is InChI=1S/C19H27I2NO4/c1-13-10-17(14(2)9-16(13)21)25-8-6-7-19(4,12-20)15(3)22-26-11-18(23)24-5/h9-10H,6-8,11-12H2,1-5H3. The molecule has 0 saturated carbocycles. The van der Waals surface area contributed by atoms with E-state index >= 15 is 0 Å². The first-order chi connectivity index (χ1) is 12.2. The van der Waals surface area contributed by atoms with Crippen molar-refractivity contribution in [1.82, 2.24) is 0 Å². The summed E-state index contributed by atoms with van der Waals surface area (Å²) in [5.74, 6) is 0.514. The number of nitrogens with zero attached hydrogens (tertiary/aromatic N) is 1. The number of carbonyl (C=O) groups is 1. The molecule has 0 saturated heterocycles. The van der Waals surface area contributed by atoms with E-state index in [1.54, 1.807) is 0 Å². The maximum absolute atomic E-state index is 11.1. The predicted octanol–water partition coefficient (Wildman–Crippen LogP) is 5.07. The van der Waals surface area contributed by atoms with Crippen LogP contribution < -0.4 is 4.74 Å². The van der Waals surface area contributed by atoms with Crippen molar-refractivity contribution < 1.29 is 19.1 Å². The van der Waals surface area contributed by atoms with Gasteiger partial charge in [-0.3, -0.25) is 0 Å². The van der Waals surface area contributed by atoms with E-state index in [2.05, 4.69) is 88.0 Å². The zero-order chi connectivity index (χ0) is 19.7. The summed E-state index contributed by atoms with van der Waals surface area (Å²) >= 11 is 4.70. The van der Waals surface area contributed by atoms with Gasteiger partial charge < -0.3 is 14.3 Å². The lowest BCUT2D eigenvalue weighted by Gasteiger charge is -2.27. The minimum Gasteiger partial charge on any atom is -0.493 e. The number of methoxy groups -OCH3 is 1. The van der Waals surface area contributed by atoms with Gasteiger partial charge in [0.2, 0.25) is 6.61 Å². The minimum absolute atomic E-state index is 0.100. The third kappa shape index (κ3) is 7.21. The summed E-state index contributed by atoms with van der Waals surface area (Å²) < 4.78 is 12.7. The summed E-state index contributed by atoms with van der Waals surface area (Å²) in [4.78, 5) is 16.2. The van der Waals surface area contributed by atoms with Gasteiger partial charge in [-0.1, -0.05) is 34.7 Å². The van der Waals surface area contributed by atoms with E-state index in [1.165, 1.54) is 16.2 Å². The van der Waals surface area contributed by atoms with E-state index in [1.807, 2.05) is 6.92 Å². The van der Waals surface area contributed by atoms with E-state index < -0.39 is 5.97 Å². The van der Waals surface area contributed by atoms with Gasteiger partial charge >= 0.3 is 5.97 Å². The van der Waals surface area contributed by atoms with Crippen molar-refractivity contribution >= 4 is 56.9 Å². The van der Waals surface area contributed by atoms with Crippen LogP contribution in [-0.4, -0.2) is 36.4 Å². The Bertz CT molecular complexity index is 649. The van der Waals surface area contributed by atoms with Gasteiger partial charge in [0.15, 0.2) is 0 Å². The number of hydrogen-bond donors (Lipinski definition) is 0. The molecule has 0 aromatic heterocycles. The average molecular weight is 587 g/mol. The molecule has 26 heavy (non-hydrogen) atoms. The molecule has 1 aromatic rings. The fourth-order valence-corrected chi connectivity index (χ4v) is 3.81. The maximum atomic E-state index is 11.1. The number of aryl methyl sites for hydroxylation is 2. The molecular formula is C19H27I2NO4. The summed E-state index contributed by atoms with van der Waals surface area (Å²) in [6.07, 6.45) is 1.84. The van der Waals surface area contributed by atoms with Crippen molar-refractivity contribution in [2.75, 3.05) is 24.8 Å². The second kappa shape index (κ2) is 11.3. The number of rotatable bonds is 10. The van der Waals surface area contributed by atoms with Gasteiger partial charge in [-0.25, -0.2) is 4.79 Å². The highest BCUT2D eigenvalue weighted by Gasteiger charge is 2.27. The van der Waals surface area contributed by atoms with Crippen LogP contribution in [0.1, 0.15) is 37.8 Å². The zero-order valence-corrected chi connectivity index (χ0v) is 20.3. The zero-order valence-electron chi connectivity index (χ0n) is 16.0. The monoisotopic (exact) mass is 587 g/mol. The van der Waals surface area contributed by atoms with Crippen LogP contribution in [0.2, 0.25) is 0 Å². The summed E-state index contributed by atoms with van der Waals surface area (Å²) in [6.45, 7) is 8.74. The van der Waals surface area contributed by atoms with Crippen LogP contribution >= 0.6 is 45.2 Å². The first kappa shape index (κ1) is 23.5. The van der Waals surface area contributed by atoms with Crippen molar-refractivity contribution in [3.05, 3.63) is 26.8 Å². The van der Waals surface area contributed by atoms with Crippen molar-refractivity contribution in [2.24, 2.45) is 10.6 Å². The second-order valence-electron chi connectivity index (χ2n) is 6.54. The normalized spacial score (nSPS) is 13.9. The lowest BCUT2D eigenvalue weighted by molar-refractivity contribution is -0.145. The highest BCUT2D eigenvalue weighted by molar-refractivity contribution is 14.1. The Kier molecular flexibility index (Phi) is 10.2. The smallest absolute Gasteiger partial charge is 0.346 e. The molecule has 0 radical (unpaired) electrons. The van der Waals surface area contributed by atoms with E-state index in [0.29, 0.717) is 6.61 Å². The van der Waals surface area contributed by atoms with Gasteiger partial charge in [-0.2, -0.15) is 0 Å². The number of esters is 1.